The van der Waals surface area contributed by atoms with Gasteiger partial charge in [0.25, 0.3) is 0 Å². The smallest absolute Gasteiger partial charge is 0.203 e. The van der Waals surface area contributed by atoms with Crippen LogP contribution >= 0.6 is 0 Å². The molecule has 0 spiro atoms. The number of nitrogens with zero attached hydrogens (tertiary/aromatic N) is 4. The molecule has 0 radical (unpaired) electrons. The molecule has 2 aromatic rings. The van der Waals surface area contributed by atoms with E-state index in [4.69, 9.17) is 0 Å². The highest BCUT2D eigenvalue weighted by Gasteiger charge is 2.32. The van der Waals surface area contributed by atoms with E-state index >= 15 is 0 Å². The predicted octanol–water partition coefficient (Wildman–Crippen LogP) is 1.50. The number of anilines is 1. The van der Waals surface area contributed by atoms with Gasteiger partial charge in [0, 0.05) is 18.9 Å². The Kier molecular flexibility index (Phi) is 2.05. The molecule has 84 valence electrons. The summed E-state index contributed by atoms with van der Waals surface area (Å²) in [6, 6.07) is 0. The van der Waals surface area contributed by atoms with Crippen molar-refractivity contribution < 1.29 is 0 Å². The van der Waals surface area contributed by atoms with E-state index in [0.29, 0.717) is 0 Å². The third-order valence-electron chi connectivity index (χ3n) is 3.31. The van der Waals surface area contributed by atoms with Gasteiger partial charge in [-0.05, 0) is 25.2 Å². The standard InChI is InChI=1S/C11H15N5/c1-7-5-9(7)6-13-10-11-15-14-8(2)16(11)4-3-12-10/h3-4,7,9H,5-6H2,1-2H3,(H,12,13). The fourth-order valence-corrected chi connectivity index (χ4v) is 1.98. The molecule has 2 heterocycles. The quantitative estimate of drug-likeness (QED) is 0.846. The lowest BCUT2D eigenvalue weighted by atomic mass is 10.3. The first-order chi connectivity index (χ1) is 7.75. The maximum absolute atomic E-state index is 4.31. The fourth-order valence-electron chi connectivity index (χ4n) is 1.98. The van der Waals surface area contributed by atoms with Crippen molar-refractivity contribution in [3.63, 3.8) is 0 Å². The first-order valence-electron chi connectivity index (χ1n) is 5.66. The highest BCUT2D eigenvalue weighted by molar-refractivity contribution is 5.61. The van der Waals surface area contributed by atoms with E-state index in [1.807, 2.05) is 17.5 Å². The van der Waals surface area contributed by atoms with Crippen molar-refractivity contribution in [3.8, 4) is 0 Å². The second kappa shape index (κ2) is 3.43. The Morgan fingerprint density at radius 2 is 2.31 bits per heavy atom. The molecule has 0 bridgehead atoms. The van der Waals surface area contributed by atoms with Crippen LogP contribution in [0.25, 0.3) is 5.65 Å². The fraction of sp³-hybridized carbons (Fsp3) is 0.545. The molecule has 1 aliphatic carbocycles. The van der Waals surface area contributed by atoms with Gasteiger partial charge in [-0.2, -0.15) is 0 Å². The number of fused-ring (bicyclic) bond motifs is 1. The van der Waals surface area contributed by atoms with Gasteiger partial charge in [0.2, 0.25) is 5.65 Å². The third-order valence-corrected chi connectivity index (χ3v) is 3.31. The van der Waals surface area contributed by atoms with Gasteiger partial charge in [0.05, 0.1) is 0 Å². The Morgan fingerprint density at radius 1 is 1.50 bits per heavy atom. The molecule has 5 nitrogen and oxygen atoms in total. The van der Waals surface area contributed by atoms with E-state index in [1.165, 1.54) is 6.42 Å². The zero-order valence-electron chi connectivity index (χ0n) is 9.51. The maximum atomic E-state index is 4.31. The van der Waals surface area contributed by atoms with E-state index in [9.17, 15) is 0 Å². The van der Waals surface area contributed by atoms with Crippen molar-refractivity contribution in [3.05, 3.63) is 18.2 Å². The molecule has 0 aromatic carbocycles. The Hall–Kier alpha value is -1.65. The lowest BCUT2D eigenvalue weighted by molar-refractivity contribution is 0.784. The summed E-state index contributed by atoms with van der Waals surface area (Å²) in [5.41, 5.74) is 0.813. The van der Waals surface area contributed by atoms with Gasteiger partial charge in [-0.1, -0.05) is 6.92 Å². The largest absolute Gasteiger partial charge is 0.367 e. The molecule has 16 heavy (non-hydrogen) atoms. The van der Waals surface area contributed by atoms with Crippen LogP contribution in [0.1, 0.15) is 19.2 Å². The minimum Gasteiger partial charge on any atom is -0.367 e. The Morgan fingerprint density at radius 3 is 3.06 bits per heavy atom. The highest BCUT2D eigenvalue weighted by atomic mass is 15.3. The van der Waals surface area contributed by atoms with Crippen LogP contribution in [0.4, 0.5) is 5.82 Å². The molecule has 3 rings (SSSR count). The monoisotopic (exact) mass is 217 g/mol. The molecule has 1 N–H and O–H groups in total. The van der Waals surface area contributed by atoms with Crippen LogP contribution in [0, 0.1) is 18.8 Å². The van der Waals surface area contributed by atoms with E-state index < -0.39 is 0 Å². The second-order valence-electron chi connectivity index (χ2n) is 4.57. The molecule has 0 saturated heterocycles. The van der Waals surface area contributed by atoms with Crippen LogP contribution in [0.5, 0.6) is 0 Å². The third kappa shape index (κ3) is 1.52. The van der Waals surface area contributed by atoms with Crippen LogP contribution in [-0.4, -0.2) is 26.1 Å². The molecule has 1 fully saturated rings. The summed E-state index contributed by atoms with van der Waals surface area (Å²) in [7, 11) is 0. The van der Waals surface area contributed by atoms with E-state index in [1.54, 1.807) is 6.20 Å². The predicted molar refractivity (Wildman–Crippen MR) is 61.3 cm³/mol. The van der Waals surface area contributed by atoms with Gasteiger partial charge in [-0.15, -0.1) is 10.2 Å². The van der Waals surface area contributed by atoms with Crippen molar-refractivity contribution in [2.24, 2.45) is 11.8 Å². The van der Waals surface area contributed by atoms with Gasteiger partial charge in [-0.25, -0.2) is 4.98 Å². The topological polar surface area (TPSA) is 55.1 Å². The van der Waals surface area contributed by atoms with Gasteiger partial charge in [0.1, 0.15) is 5.82 Å². The Bertz CT molecular complexity index is 518. The molecule has 1 aliphatic rings. The van der Waals surface area contributed by atoms with Crippen molar-refractivity contribution in [2.75, 3.05) is 11.9 Å². The van der Waals surface area contributed by atoms with Gasteiger partial charge in [0.15, 0.2) is 5.82 Å². The van der Waals surface area contributed by atoms with Crippen LogP contribution in [0.3, 0.4) is 0 Å². The summed E-state index contributed by atoms with van der Waals surface area (Å²) in [5, 5.41) is 11.5. The Labute approximate surface area is 93.9 Å². The number of hydrogen-bond acceptors (Lipinski definition) is 4. The molecular formula is C11H15N5. The number of rotatable bonds is 3. The maximum Gasteiger partial charge on any atom is 0.203 e. The molecule has 0 aliphatic heterocycles. The number of aromatic nitrogens is 4. The first kappa shape index (κ1) is 9.57. The number of nitrogens with one attached hydrogen (secondary N) is 1. The van der Waals surface area contributed by atoms with Gasteiger partial charge < -0.3 is 5.32 Å². The van der Waals surface area contributed by atoms with Crippen LogP contribution in [0.15, 0.2) is 12.4 Å². The summed E-state index contributed by atoms with van der Waals surface area (Å²) < 4.78 is 1.95. The average Bonchev–Trinajstić information content (AvgIpc) is 2.86. The number of hydrogen-bond donors (Lipinski definition) is 1. The molecule has 2 unspecified atom stereocenters. The van der Waals surface area contributed by atoms with Gasteiger partial charge in [-0.3, -0.25) is 4.40 Å². The summed E-state index contributed by atoms with van der Waals surface area (Å²) >= 11 is 0. The molecule has 2 aromatic heterocycles. The lowest BCUT2D eigenvalue weighted by Gasteiger charge is -2.05. The first-order valence-corrected chi connectivity index (χ1v) is 5.66. The van der Waals surface area contributed by atoms with Crippen LogP contribution in [0.2, 0.25) is 0 Å². The van der Waals surface area contributed by atoms with Crippen molar-refractivity contribution in [1.82, 2.24) is 19.6 Å². The molecule has 0 amide bonds. The summed E-state index contributed by atoms with van der Waals surface area (Å²) in [4.78, 5) is 4.31. The van der Waals surface area contributed by atoms with E-state index in [2.05, 4.69) is 27.4 Å². The summed E-state index contributed by atoms with van der Waals surface area (Å²) in [6.07, 6.45) is 4.99. The lowest BCUT2D eigenvalue weighted by Crippen LogP contribution is -2.07. The Balaban J connectivity index is 1.85. The SMILES string of the molecule is Cc1nnc2c(NCC3CC3C)nccn12. The molecule has 2 atom stereocenters. The van der Waals surface area contributed by atoms with Crippen molar-refractivity contribution in [1.29, 1.82) is 0 Å². The normalized spacial score (nSPS) is 23.6. The summed E-state index contributed by atoms with van der Waals surface area (Å²) in [5.74, 6) is 3.38. The molecular weight excluding hydrogens is 202 g/mol. The minimum atomic E-state index is 0.797. The molecule has 5 heteroatoms. The van der Waals surface area contributed by atoms with E-state index in [0.717, 1.165) is 35.7 Å². The highest BCUT2D eigenvalue weighted by Crippen LogP contribution is 2.37. The van der Waals surface area contributed by atoms with Crippen LogP contribution < -0.4 is 5.32 Å². The minimum absolute atomic E-state index is 0.797. The summed E-state index contributed by atoms with van der Waals surface area (Å²) in [6.45, 7) is 5.20. The second-order valence-corrected chi connectivity index (χ2v) is 4.57. The molecule has 1 saturated carbocycles. The average molecular weight is 217 g/mol. The van der Waals surface area contributed by atoms with Crippen molar-refractivity contribution >= 4 is 11.5 Å². The number of aryl methyl sites for hydroxylation is 1. The zero-order chi connectivity index (χ0) is 11.1. The van der Waals surface area contributed by atoms with Crippen LogP contribution in [-0.2, 0) is 0 Å². The zero-order valence-corrected chi connectivity index (χ0v) is 9.51. The van der Waals surface area contributed by atoms with Crippen molar-refractivity contribution in [2.45, 2.75) is 20.3 Å². The van der Waals surface area contributed by atoms with E-state index in [-0.39, 0.29) is 0 Å². The van der Waals surface area contributed by atoms with Gasteiger partial charge >= 0.3 is 0 Å².